The predicted octanol–water partition coefficient (Wildman–Crippen LogP) is 0.852. The van der Waals surface area contributed by atoms with Crippen LogP contribution in [0.5, 0.6) is 0 Å². The first kappa shape index (κ1) is 12.5. The lowest BCUT2D eigenvalue weighted by Crippen LogP contribution is -2.49. The number of hydrogen-bond donors (Lipinski definition) is 1. The average molecular weight is 237 g/mol. The van der Waals surface area contributed by atoms with Crippen molar-refractivity contribution in [3.63, 3.8) is 0 Å². The van der Waals surface area contributed by atoms with Gasteiger partial charge in [-0.1, -0.05) is 30.3 Å². The molecule has 1 aromatic rings. The molecule has 0 spiro atoms. The van der Waals surface area contributed by atoms with Crippen LogP contribution in [0.4, 0.5) is 0 Å². The Morgan fingerprint density at radius 3 is 2.76 bits per heavy atom. The van der Waals surface area contributed by atoms with Crippen molar-refractivity contribution in [3.8, 4) is 0 Å². The molecule has 4 nitrogen and oxygen atoms in total. The van der Waals surface area contributed by atoms with Crippen molar-refractivity contribution in [2.45, 2.75) is 18.9 Å². The second-order valence-corrected chi connectivity index (χ2v) is 4.29. The van der Waals surface area contributed by atoms with Crippen LogP contribution in [0.15, 0.2) is 30.3 Å². The van der Waals surface area contributed by atoms with Crippen LogP contribution in [0.1, 0.15) is 5.56 Å². The van der Waals surface area contributed by atoms with E-state index < -0.39 is 0 Å². The molecule has 1 aromatic carbocycles. The van der Waals surface area contributed by atoms with E-state index in [9.17, 15) is 5.11 Å². The third-order valence-electron chi connectivity index (χ3n) is 2.93. The minimum absolute atomic E-state index is 0.0329. The Labute approximate surface area is 102 Å². The summed E-state index contributed by atoms with van der Waals surface area (Å²) in [5.41, 5.74) is 1.26. The Balaban J connectivity index is 1.95. The largest absolute Gasteiger partial charge is 0.394 e. The van der Waals surface area contributed by atoms with Crippen LogP contribution < -0.4 is 0 Å². The molecule has 17 heavy (non-hydrogen) atoms. The Kier molecular flexibility index (Phi) is 4.50. The summed E-state index contributed by atoms with van der Waals surface area (Å²) < 4.78 is 10.8. The second kappa shape index (κ2) is 6.12. The number of aliphatic hydroxyl groups excluding tert-OH is 1. The lowest BCUT2D eigenvalue weighted by atomic mass is 10.2. The fourth-order valence-corrected chi connectivity index (χ4v) is 2.08. The Hall–Kier alpha value is -0.940. The van der Waals surface area contributed by atoms with E-state index in [0.29, 0.717) is 0 Å². The molecule has 2 rings (SSSR count). The Bertz CT molecular complexity index is 319. The Morgan fingerprint density at radius 2 is 2.12 bits per heavy atom. The topological polar surface area (TPSA) is 41.9 Å². The number of aliphatic hydroxyl groups is 1. The first-order valence-electron chi connectivity index (χ1n) is 5.87. The first-order chi connectivity index (χ1) is 8.31. The van der Waals surface area contributed by atoms with Gasteiger partial charge in [0.2, 0.25) is 0 Å². The molecule has 2 atom stereocenters. The lowest BCUT2D eigenvalue weighted by molar-refractivity contribution is -0.207. The SMILES string of the molecule is CO[C@@H]1CN(Cc2ccccc2)C[C@@H](CO)O1. The van der Waals surface area contributed by atoms with Crippen LogP contribution in [0.2, 0.25) is 0 Å². The monoisotopic (exact) mass is 237 g/mol. The highest BCUT2D eigenvalue weighted by molar-refractivity contribution is 5.14. The van der Waals surface area contributed by atoms with E-state index in [1.165, 1.54) is 5.56 Å². The molecule has 0 aliphatic carbocycles. The van der Waals surface area contributed by atoms with Crippen molar-refractivity contribution < 1.29 is 14.6 Å². The number of hydrogen-bond acceptors (Lipinski definition) is 4. The average Bonchev–Trinajstić information content (AvgIpc) is 2.39. The molecule has 0 amide bonds. The standard InChI is InChI=1S/C13H19NO3/c1-16-13-9-14(8-12(10-15)17-13)7-11-5-3-2-4-6-11/h2-6,12-13,15H,7-10H2,1H3/t12-,13-/m0/s1. The summed E-state index contributed by atoms with van der Waals surface area (Å²) in [6, 6.07) is 10.3. The van der Waals surface area contributed by atoms with Crippen molar-refractivity contribution in [2.24, 2.45) is 0 Å². The maximum absolute atomic E-state index is 9.18. The van der Waals surface area contributed by atoms with E-state index >= 15 is 0 Å². The van der Waals surface area contributed by atoms with Crippen LogP contribution in [0.3, 0.4) is 0 Å². The molecule has 0 unspecified atom stereocenters. The fourth-order valence-electron chi connectivity index (χ4n) is 2.08. The highest BCUT2D eigenvalue weighted by Crippen LogP contribution is 2.14. The van der Waals surface area contributed by atoms with Crippen LogP contribution in [0, 0.1) is 0 Å². The minimum atomic E-state index is -0.246. The molecule has 1 saturated heterocycles. The van der Waals surface area contributed by atoms with Gasteiger partial charge in [-0.15, -0.1) is 0 Å². The van der Waals surface area contributed by atoms with Crippen molar-refractivity contribution in [3.05, 3.63) is 35.9 Å². The zero-order chi connectivity index (χ0) is 12.1. The zero-order valence-corrected chi connectivity index (χ0v) is 10.1. The maximum atomic E-state index is 9.18. The summed E-state index contributed by atoms with van der Waals surface area (Å²) in [6.07, 6.45) is -0.401. The van der Waals surface area contributed by atoms with E-state index in [4.69, 9.17) is 9.47 Å². The van der Waals surface area contributed by atoms with E-state index in [2.05, 4.69) is 17.0 Å². The summed E-state index contributed by atoms with van der Waals surface area (Å²) in [6.45, 7) is 2.37. The summed E-state index contributed by atoms with van der Waals surface area (Å²) in [4.78, 5) is 2.24. The van der Waals surface area contributed by atoms with E-state index in [1.807, 2.05) is 18.2 Å². The van der Waals surface area contributed by atoms with Gasteiger partial charge in [-0.2, -0.15) is 0 Å². The first-order valence-corrected chi connectivity index (χ1v) is 5.87. The number of benzene rings is 1. The zero-order valence-electron chi connectivity index (χ0n) is 10.1. The molecule has 0 radical (unpaired) electrons. The van der Waals surface area contributed by atoms with Crippen LogP contribution >= 0.6 is 0 Å². The number of rotatable bonds is 4. The second-order valence-electron chi connectivity index (χ2n) is 4.29. The van der Waals surface area contributed by atoms with Gasteiger partial charge in [-0.05, 0) is 5.56 Å². The fraction of sp³-hybridized carbons (Fsp3) is 0.538. The van der Waals surface area contributed by atoms with Gasteiger partial charge >= 0.3 is 0 Å². The normalized spacial score (nSPS) is 26.0. The molecule has 4 heteroatoms. The molecule has 1 N–H and O–H groups in total. The third kappa shape index (κ3) is 3.51. The van der Waals surface area contributed by atoms with E-state index in [-0.39, 0.29) is 19.0 Å². The molecule has 1 fully saturated rings. The molecule has 1 heterocycles. The number of methoxy groups -OCH3 is 1. The lowest BCUT2D eigenvalue weighted by Gasteiger charge is -2.36. The predicted molar refractivity (Wildman–Crippen MR) is 64.5 cm³/mol. The molecule has 0 aromatic heterocycles. The van der Waals surface area contributed by atoms with Crippen LogP contribution in [-0.4, -0.2) is 49.2 Å². The summed E-state index contributed by atoms with van der Waals surface area (Å²) in [5.74, 6) is 0. The maximum Gasteiger partial charge on any atom is 0.170 e. The molecular formula is C13H19NO3. The number of ether oxygens (including phenoxy) is 2. The summed E-state index contributed by atoms with van der Waals surface area (Å²) >= 11 is 0. The minimum Gasteiger partial charge on any atom is -0.394 e. The highest BCUT2D eigenvalue weighted by atomic mass is 16.7. The van der Waals surface area contributed by atoms with Gasteiger partial charge in [0.15, 0.2) is 6.29 Å². The molecular weight excluding hydrogens is 218 g/mol. The van der Waals surface area contributed by atoms with Gasteiger partial charge in [0.05, 0.1) is 12.7 Å². The Morgan fingerprint density at radius 1 is 1.35 bits per heavy atom. The van der Waals surface area contributed by atoms with Gasteiger partial charge in [-0.3, -0.25) is 4.90 Å². The van der Waals surface area contributed by atoms with E-state index in [0.717, 1.165) is 19.6 Å². The van der Waals surface area contributed by atoms with Crippen molar-refractivity contribution >= 4 is 0 Å². The number of nitrogens with zero attached hydrogens (tertiary/aromatic N) is 1. The van der Waals surface area contributed by atoms with Crippen LogP contribution in [0.25, 0.3) is 0 Å². The molecule has 94 valence electrons. The molecule has 1 aliphatic heterocycles. The van der Waals surface area contributed by atoms with Crippen molar-refractivity contribution in [1.29, 1.82) is 0 Å². The van der Waals surface area contributed by atoms with Gasteiger partial charge < -0.3 is 14.6 Å². The molecule has 1 aliphatic rings. The molecule has 0 bridgehead atoms. The number of morpholine rings is 1. The third-order valence-corrected chi connectivity index (χ3v) is 2.93. The van der Waals surface area contributed by atoms with Gasteiger partial charge in [0, 0.05) is 26.7 Å². The van der Waals surface area contributed by atoms with Gasteiger partial charge in [0.1, 0.15) is 0 Å². The van der Waals surface area contributed by atoms with Crippen molar-refractivity contribution in [1.82, 2.24) is 4.90 Å². The van der Waals surface area contributed by atoms with Crippen LogP contribution in [-0.2, 0) is 16.0 Å². The summed E-state index contributed by atoms with van der Waals surface area (Å²) in [5, 5.41) is 9.18. The molecule has 0 saturated carbocycles. The quantitative estimate of drug-likeness (QED) is 0.843. The van der Waals surface area contributed by atoms with E-state index in [1.54, 1.807) is 7.11 Å². The highest BCUT2D eigenvalue weighted by Gasteiger charge is 2.27. The smallest absolute Gasteiger partial charge is 0.170 e. The van der Waals surface area contributed by atoms with Gasteiger partial charge in [0.25, 0.3) is 0 Å². The van der Waals surface area contributed by atoms with Gasteiger partial charge in [-0.25, -0.2) is 0 Å². The van der Waals surface area contributed by atoms with Crippen molar-refractivity contribution in [2.75, 3.05) is 26.8 Å². The summed E-state index contributed by atoms with van der Waals surface area (Å²) in [7, 11) is 1.63.